The number of anilines is 1. The van der Waals surface area contributed by atoms with Crippen molar-refractivity contribution in [3.63, 3.8) is 0 Å². The van der Waals surface area contributed by atoms with Gasteiger partial charge in [0, 0.05) is 0 Å². The lowest BCUT2D eigenvalue weighted by molar-refractivity contribution is -0.121. The molecule has 1 amide bonds. The van der Waals surface area contributed by atoms with Crippen molar-refractivity contribution >= 4 is 28.5 Å². The Balaban J connectivity index is 1.92. The van der Waals surface area contributed by atoms with Crippen LogP contribution >= 0.6 is 0 Å². The quantitative estimate of drug-likeness (QED) is 0.787. The third kappa shape index (κ3) is 3.78. The van der Waals surface area contributed by atoms with Crippen molar-refractivity contribution in [3.8, 4) is 5.75 Å². The second-order valence-corrected chi connectivity index (χ2v) is 7.13. The van der Waals surface area contributed by atoms with Crippen LogP contribution in [0.5, 0.6) is 5.75 Å². The van der Waals surface area contributed by atoms with Gasteiger partial charge >= 0.3 is 5.97 Å². The molecule has 0 aliphatic carbocycles. The first-order valence-electron chi connectivity index (χ1n) is 9.28. The Kier molecular flexibility index (Phi) is 5.70. The number of aromatic amines is 1. The standard InChI is InChI=1S/C20H27N3O4/c1-12-8-10-23(11-9-12)13(2)19(24)22-17-16-14(6-5-7-15(16)26-3)21-18(17)20(25)27-4/h5-7,12-13,21H,8-11H2,1-4H3,(H,22,24)/t13-/m1/s1. The number of nitrogens with one attached hydrogen (secondary N) is 2. The van der Waals surface area contributed by atoms with Crippen LogP contribution in [0.15, 0.2) is 18.2 Å². The number of amides is 1. The fraction of sp³-hybridized carbons (Fsp3) is 0.500. The van der Waals surface area contributed by atoms with Gasteiger partial charge in [-0.3, -0.25) is 9.69 Å². The minimum atomic E-state index is -0.539. The number of ether oxygens (including phenoxy) is 2. The monoisotopic (exact) mass is 373 g/mol. The summed E-state index contributed by atoms with van der Waals surface area (Å²) in [6.07, 6.45) is 2.18. The number of likely N-dealkylation sites (tertiary alicyclic amines) is 1. The van der Waals surface area contributed by atoms with E-state index in [1.807, 2.05) is 19.1 Å². The van der Waals surface area contributed by atoms with Gasteiger partial charge in [0.05, 0.1) is 36.9 Å². The molecule has 2 heterocycles. The van der Waals surface area contributed by atoms with E-state index in [0.717, 1.165) is 25.9 Å². The molecule has 7 heteroatoms. The van der Waals surface area contributed by atoms with Crippen LogP contribution in [0, 0.1) is 5.92 Å². The fourth-order valence-electron chi connectivity index (χ4n) is 3.57. The van der Waals surface area contributed by atoms with Crippen molar-refractivity contribution < 1.29 is 19.1 Å². The number of hydrogen-bond acceptors (Lipinski definition) is 5. The van der Waals surface area contributed by atoms with Gasteiger partial charge in [0.2, 0.25) is 5.91 Å². The van der Waals surface area contributed by atoms with E-state index in [9.17, 15) is 9.59 Å². The molecule has 2 N–H and O–H groups in total. The lowest BCUT2D eigenvalue weighted by Crippen LogP contribution is -2.45. The maximum Gasteiger partial charge on any atom is 0.356 e. The summed E-state index contributed by atoms with van der Waals surface area (Å²) in [6.45, 7) is 5.94. The largest absolute Gasteiger partial charge is 0.496 e. The van der Waals surface area contributed by atoms with E-state index in [-0.39, 0.29) is 17.6 Å². The second-order valence-electron chi connectivity index (χ2n) is 7.13. The highest BCUT2D eigenvalue weighted by atomic mass is 16.5. The molecule has 1 saturated heterocycles. The Hall–Kier alpha value is -2.54. The van der Waals surface area contributed by atoms with Crippen LogP contribution in [0.1, 0.15) is 37.2 Å². The molecule has 7 nitrogen and oxygen atoms in total. The van der Waals surface area contributed by atoms with Crippen molar-refractivity contribution in [2.75, 3.05) is 32.6 Å². The first kappa shape index (κ1) is 19.2. The van der Waals surface area contributed by atoms with Crippen LogP contribution in [-0.2, 0) is 9.53 Å². The summed E-state index contributed by atoms with van der Waals surface area (Å²) in [6, 6.07) is 5.15. The number of esters is 1. The second kappa shape index (κ2) is 8.00. The van der Waals surface area contributed by atoms with Crippen molar-refractivity contribution in [2.45, 2.75) is 32.7 Å². The van der Waals surface area contributed by atoms with Crippen LogP contribution < -0.4 is 10.1 Å². The van der Waals surface area contributed by atoms with Gasteiger partial charge in [-0.15, -0.1) is 0 Å². The molecule has 1 aromatic carbocycles. The van der Waals surface area contributed by atoms with Gasteiger partial charge in [0.15, 0.2) is 0 Å². The minimum Gasteiger partial charge on any atom is -0.496 e. The first-order chi connectivity index (χ1) is 13.0. The number of aromatic nitrogens is 1. The molecular weight excluding hydrogens is 346 g/mol. The third-order valence-corrected chi connectivity index (χ3v) is 5.39. The summed E-state index contributed by atoms with van der Waals surface area (Å²) in [5, 5.41) is 3.60. The molecule has 1 fully saturated rings. The lowest BCUT2D eigenvalue weighted by Gasteiger charge is -2.34. The normalized spacial score (nSPS) is 16.9. The van der Waals surface area contributed by atoms with Crippen molar-refractivity contribution in [2.24, 2.45) is 5.92 Å². The molecule has 0 spiro atoms. The predicted octanol–water partition coefficient (Wildman–Crippen LogP) is 3.02. The van der Waals surface area contributed by atoms with Crippen LogP contribution in [0.4, 0.5) is 5.69 Å². The Bertz CT molecular complexity index is 837. The maximum atomic E-state index is 12.9. The van der Waals surface area contributed by atoms with Gasteiger partial charge in [0.25, 0.3) is 0 Å². The molecule has 27 heavy (non-hydrogen) atoms. The molecule has 1 aliphatic rings. The Labute approximate surface area is 159 Å². The van der Waals surface area contributed by atoms with E-state index in [2.05, 4.69) is 22.1 Å². The molecule has 1 aromatic heterocycles. The number of nitrogens with zero attached hydrogens (tertiary/aromatic N) is 1. The van der Waals surface area contributed by atoms with Gasteiger partial charge in [0.1, 0.15) is 11.4 Å². The Morgan fingerprint density at radius 3 is 2.59 bits per heavy atom. The van der Waals surface area contributed by atoms with Gasteiger partial charge in [-0.25, -0.2) is 4.79 Å². The van der Waals surface area contributed by atoms with E-state index in [1.165, 1.54) is 7.11 Å². The van der Waals surface area contributed by atoms with Crippen molar-refractivity contribution in [3.05, 3.63) is 23.9 Å². The molecule has 0 radical (unpaired) electrons. The van der Waals surface area contributed by atoms with Gasteiger partial charge < -0.3 is 19.8 Å². The summed E-state index contributed by atoms with van der Waals surface area (Å²) in [7, 11) is 2.87. The number of fused-ring (bicyclic) bond motifs is 1. The molecule has 0 bridgehead atoms. The highest BCUT2D eigenvalue weighted by molar-refractivity contribution is 6.13. The first-order valence-corrected chi connectivity index (χ1v) is 9.28. The number of piperidine rings is 1. The molecule has 146 valence electrons. The number of rotatable bonds is 5. The molecule has 3 rings (SSSR count). The minimum absolute atomic E-state index is 0.151. The Morgan fingerprint density at radius 1 is 1.26 bits per heavy atom. The fourth-order valence-corrected chi connectivity index (χ4v) is 3.57. The lowest BCUT2D eigenvalue weighted by atomic mass is 9.98. The summed E-state index contributed by atoms with van der Waals surface area (Å²) < 4.78 is 10.3. The highest BCUT2D eigenvalue weighted by Crippen LogP contribution is 2.36. The van der Waals surface area contributed by atoms with E-state index in [0.29, 0.717) is 28.3 Å². The number of methoxy groups -OCH3 is 2. The summed E-state index contributed by atoms with van der Waals surface area (Å²) in [5.41, 5.74) is 1.31. The predicted molar refractivity (Wildman–Crippen MR) is 104 cm³/mol. The molecular formula is C20H27N3O4. The summed E-state index contributed by atoms with van der Waals surface area (Å²) >= 11 is 0. The number of hydrogen-bond donors (Lipinski definition) is 2. The van der Waals surface area contributed by atoms with E-state index in [4.69, 9.17) is 9.47 Å². The van der Waals surface area contributed by atoms with Crippen molar-refractivity contribution in [1.29, 1.82) is 0 Å². The number of benzene rings is 1. The molecule has 0 unspecified atom stereocenters. The van der Waals surface area contributed by atoms with Gasteiger partial charge in [-0.1, -0.05) is 13.0 Å². The van der Waals surface area contributed by atoms with Crippen LogP contribution in [0.3, 0.4) is 0 Å². The number of H-pyrrole nitrogens is 1. The number of carbonyl (C=O) groups excluding carboxylic acids is 2. The Morgan fingerprint density at radius 2 is 1.96 bits per heavy atom. The van der Waals surface area contributed by atoms with Gasteiger partial charge in [-0.2, -0.15) is 0 Å². The average Bonchev–Trinajstić information content (AvgIpc) is 3.05. The van der Waals surface area contributed by atoms with Crippen LogP contribution in [0.2, 0.25) is 0 Å². The summed E-state index contributed by atoms with van der Waals surface area (Å²) in [5.74, 6) is 0.582. The van der Waals surface area contributed by atoms with Crippen LogP contribution in [-0.4, -0.2) is 55.1 Å². The smallest absolute Gasteiger partial charge is 0.356 e. The van der Waals surface area contributed by atoms with Crippen LogP contribution in [0.25, 0.3) is 10.9 Å². The topological polar surface area (TPSA) is 83.7 Å². The van der Waals surface area contributed by atoms with E-state index in [1.54, 1.807) is 13.2 Å². The highest BCUT2D eigenvalue weighted by Gasteiger charge is 2.28. The molecule has 1 aliphatic heterocycles. The third-order valence-electron chi connectivity index (χ3n) is 5.39. The maximum absolute atomic E-state index is 12.9. The van der Waals surface area contributed by atoms with E-state index >= 15 is 0 Å². The number of carbonyl (C=O) groups is 2. The van der Waals surface area contributed by atoms with Gasteiger partial charge in [-0.05, 0) is 50.9 Å². The summed E-state index contributed by atoms with van der Waals surface area (Å²) in [4.78, 5) is 30.4. The molecule has 1 atom stereocenters. The SMILES string of the molecule is COC(=O)c1[nH]c2cccc(OC)c2c1NC(=O)[C@@H](C)N1CCC(C)CC1. The zero-order valence-corrected chi connectivity index (χ0v) is 16.3. The molecule has 0 saturated carbocycles. The van der Waals surface area contributed by atoms with Crippen molar-refractivity contribution in [1.82, 2.24) is 9.88 Å². The average molecular weight is 373 g/mol. The van der Waals surface area contributed by atoms with E-state index < -0.39 is 5.97 Å². The zero-order valence-electron chi connectivity index (χ0n) is 16.3. The molecule has 2 aromatic rings. The zero-order chi connectivity index (χ0) is 19.6.